The molecule has 2 heterocycles. The molecule has 2 amide bonds. The molecule has 0 aliphatic rings. The zero-order valence-electron chi connectivity index (χ0n) is 30.3. The number of amides is 2. The number of aryl methyl sites for hydroxylation is 2. The van der Waals surface area contributed by atoms with E-state index in [4.69, 9.17) is 0 Å². The van der Waals surface area contributed by atoms with Gasteiger partial charge in [-0.25, -0.2) is 26.2 Å². The molecule has 4 rings (SSSR count). The summed E-state index contributed by atoms with van der Waals surface area (Å²) in [5, 5.41) is 9.24. The lowest BCUT2D eigenvalue weighted by Crippen LogP contribution is -2.44. The average molecular weight is 847 g/mol. The maximum absolute atomic E-state index is 13.8. The fourth-order valence-electron chi connectivity index (χ4n) is 4.31. The smallest absolute Gasteiger partial charge is 0.310 e. The van der Waals surface area contributed by atoms with E-state index in [2.05, 4.69) is 36.6 Å². The molecule has 2 aromatic heterocycles. The van der Waals surface area contributed by atoms with Crippen LogP contribution in [0.25, 0.3) is 0 Å². The third-order valence-corrected chi connectivity index (χ3v) is 13.6. The van der Waals surface area contributed by atoms with Gasteiger partial charge in [0.05, 0.1) is 21.0 Å². The topological polar surface area (TPSA) is 157 Å². The summed E-state index contributed by atoms with van der Waals surface area (Å²) < 4.78 is 101. The summed E-state index contributed by atoms with van der Waals surface area (Å²) in [5.74, 6) is -2.04. The van der Waals surface area contributed by atoms with Crippen molar-refractivity contribution in [2.75, 3.05) is 10.6 Å². The first-order valence-corrected chi connectivity index (χ1v) is 19.5. The number of carbonyl (C=O) groups excluding carboxylic acids is 2. The van der Waals surface area contributed by atoms with E-state index in [1.807, 2.05) is 20.8 Å². The molecule has 0 spiro atoms. The lowest BCUT2D eigenvalue weighted by Gasteiger charge is -2.24. The Kier molecular flexibility index (Phi) is 12.5. The molecule has 2 N–H and O–H groups in total. The van der Waals surface area contributed by atoms with Gasteiger partial charge in [0.1, 0.15) is 26.9 Å². The van der Waals surface area contributed by atoms with E-state index in [1.54, 1.807) is 20.0 Å². The van der Waals surface area contributed by atoms with Gasteiger partial charge in [-0.05, 0) is 88.7 Å². The number of rotatable bonds is 8. The normalized spacial score (nSPS) is 12.8. The lowest BCUT2D eigenvalue weighted by atomic mass is 9.92. The Morgan fingerprint density at radius 1 is 0.755 bits per heavy atom. The maximum Gasteiger partial charge on any atom is 0.417 e. The number of hydrogen-bond donors (Lipinski definition) is 2. The van der Waals surface area contributed by atoms with E-state index in [9.17, 15) is 44.0 Å². The zero-order chi connectivity index (χ0) is 40.5. The number of carbonyl (C=O) groups is 2. The fraction of sp³-hybridized carbons (Fsp3) is 0.371. The van der Waals surface area contributed by atoms with Gasteiger partial charge in [-0.3, -0.25) is 14.3 Å². The molecule has 0 atom stereocenters. The van der Waals surface area contributed by atoms with Crippen LogP contribution >= 0.6 is 15.9 Å². The third kappa shape index (κ3) is 9.51. The molecule has 18 heteroatoms. The van der Waals surface area contributed by atoms with Crippen LogP contribution in [0.4, 0.5) is 29.2 Å². The van der Waals surface area contributed by atoms with Crippen molar-refractivity contribution in [1.29, 1.82) is 0 Å². The Hall–Kier alpha value is -4.16. The largest absolute Gasteiger partial charge is 0.417 e. The van der Waals surface area contributed by atoms with Crippen LogP contribution in [-0.2, 0) is 47.9 Å². The van der Waals surface area contributed by atoms with Crippen LogP contribution in [0.5, 0.6) is 0 Å². The molecule has 0 unspecified atom stereocenters. The van der Waals surface area contributed by atoms with Crippen molar-refractivity contribution in [3.05, 3.63) is 94.0 Å². The SMILES string of the molecule is CC(C)(C(=O)Nc1ccc(C(F)(F)F)cn1)S(=O)(=O)c1ccc(Br)cc1.Cc1ccc(S(=O)(=O)C(C)(C)C(=O)Nc2cc(C(C)(C)C)nn2C)cc1F. The summed E-state index contributed by atoms with van der Waals surface area (Å²) >= 11 is 3.19. The van der Waals surface area contributed by atoms with Gasteiger partial charge in [0.2, 0.25) is 11.8 Å². The van der Waals surface area contributed by atoms with Crippen molar-refractivity contribution in [2.45, 2.75) is 86.3 Å². The van der Waals surface area contributed by atoms with E-state index >= 15 is 0 Å². The molecule has 53 heavy (non-hydrogen) atoms. The Labute approximate surface area is 314 Å². The minimum atomic E-state index is -4.56. The molecular weight excluding hydrogens is 806 g/mol. The van der Waals surface area contributed by atoms with E-state index in [0.717, 1.165) is 23.9 Å². The highest BCUT2D eigenvalue weighted by Crippen LogP contribution is 2.32. The summed E-state index contributed by atoms with van der Waals surface area (Å²) in [6, 6.07) is 12.8. The van der Waals surface area contributed by atoms with Gasteiger partial charge in [0.25, 0.3) is 0 Å². The first-order chi connectivity index (χ1) is 24.0. The molecule has 0 aliphatic carbocycles. The molecular formula is C35H40BrF4N5O6S2. The van der Waals surface area contributed by atoms with Crippen LogP contribution in [0.3, 0.4) is 0 Å². The third-order valence-electron chi connectivity index (χ3n) is 8.24. The molecule has 11 nitrogen and oxygen atoms in total. The minimum Gasteiger partial charge on any atom is -0.310 e. The number of alkyl halides is 3. The Bertz CT molecular complexity index is 2210. The molecule has 4 aromatic rings. The van der Waals surface area contributed by atoms with Gasteiger partial charge in [-0.1, -0.05) is 42.8 Å². The maximum atomic E-state index is 13.8. The van der Waals surface area contributed by atoms with Crippen LogP contribution in [0.1, 0.15) is 65.3 Å². The first-order valence-electron chi connectivity index (χ1n) is 15.7. The number of hydrogen-bond acceptors (Lipinski definition) is 8. The summed E-state index contributed by atoms with van der Waals surface area (Å²) in [7, 11) is -6.49. The Balaban J connectivity index is 0.000000286. The van der Waals surface area contributed by atoms with Gasteiger partial charge in [-0.15, -0.1) is 0 Å². The second-order valence-corrected chi connectivity index (χ2v) is 19.9. The zero-order valence-corrected chi connectivity index (χ0v) is 33.6. The molecule has 0 saturated heterocycles. The van der Waals surface area contributed by atoms with Crippen molar-refractivity contribution in [3.63, 3.8) is 0 Å². The van der Waals surface area contributed by atoms with Crippen molar-refractivity contribution in [3.8, 4) is 0 Å². The number of halogens is 5. The first kappa shape index (κ1) is 43.2. The van der Waals surface area contributed by atoms with E-state index in [1.165, 1.54) is 68.8 Å². The second kappa shape index (κ2) is 15.3. The van der Waals surface area contributed by atoms with Gasteiger partial charge in [-0.2, -0.15) is 18.3 Å². The number of benzene rings is 2. The number of aromatic nitrogens is 3. The van der Waals surface area contributed by atoms with Crippen LogP contribution in [0.15, 0.2) is 81.1 Å². The molecule has 0 bridgehead atoms. The molecule has 0 fully saturated rings. The number of pyridine rings is 1. The van der Waals surface area contributed by atoms with Crippen LogP contribution < -0.4 is 10.6 Å². The highest BCUT2D eigenvalue weighted by atomic mass is 79.9. The predicted molar refractivity (Wildman–Crippen MR) is 196 cm³/mol. The number of nitrogens with one attached hydrogen (secondary N) is 2. The van der Waals surface area contributed by atoms with Crippen LogP contribution in [0.2, 0.25) is 0 Å². The van der Waals surface area contributed by atoms with Crippen molar-refractivity contribution in [1.82, 2.24) is 14.8 Å². The number of anilines is 2. The minimum absolute atomic E-state index is 0.0544. The van der Waals surface area contributed by atoms with E-state index in [0.29, 0.717) is 22.1 Å². The molecule has 288 valence electrons. The highest BCUT2D eigenvalue weighted by molar-refractivity contribution is 9.10. The van der Waals surface area contributed by atoms with Gasteiger partial charge >= 0.3 is 6.18 Å². The Morgan fingerprint density at radius 3 is 1.72 bits per heavy atom. The second-order valence-electron chi connectivity index (χ2n) is 14.0. The van der Waals surface area contributed by atoms with Crippen LogP contribution in [0, 0.1) is 12.7 Å². The standard InChI is InChI=1S/C19H26FN3O3S.C16H14BrF3N2O3S/c1-12-8-9-13(10-14(12)20)27(25,26)19(5,6)17(24)21-16-11-15(18(2,3)4)22-23(16)7;1-15(2,26(24,25)12-6-4-11(17)5-7-12)14(23)22-13-8-3-10(9-21-13)16(18,19)20/h8-11H,1-7H3,(H,21,24);3-9H,1-2H3,(H,21,22,23). The molecule has 0 saturated carbocycles. The summed E-state index contributed by atoms with van der Waals surface area (Å²) in [5.41, 5.74) is -0.0958. The molecule has 2 aromatic carbocycles. The van der Waals surface area contributed by atoms with E-state index in [-0.39, 0.29) is 21.0 Å². The van der Waals surface area contributed by atoms with Gasteiger partial charge in [0.15, 0.2) is 19.7 Å². The monoisotopic (exact) mass is 845 g/mol. The van der Waals surface area contributed by atoms with Gasteiger partial charge < -0.3 is 10.6 Å². The molecule has 0 aliphatic heterocycles. The lowest BCUT2D eigenvalue weighted by molar-refractivity contribution is -0.137. The molecule has 0 radical (unpaired) electrons. The van der Waals surface area contributed by atoms with Crippen molar-refractivity contribution in [2.24, 2.45) is 7.05 Å². The quantitative estimate of drug-likeness (QED) is 0.174. The summed E-state index contributed by atoms with van der Waals surface area (Å²) in [6.07, 6.45) is -3.99. The van der Waals surface area contributed by atoms with Crippen molar-refractivity contribution >= 4 is 59.1 Å². The average Bonchev–Trinajstić information content (AvgIpc) is 3.42. The van der Waals surface area contributed by atoms with Crippen LogP contribution in [-0.4, -0.2) is 52.9 Å². The number of nitrogens with zero attached hydrogens (tertiary/aromatic N) is 3. The van der Waals surface area contributed by atoms with E-state index < -0.39 is 58.5 Å². The van der Waals surface area contributed by atoms with Gasteiger partial charge in [0, 0.05) is 29.2 Å². The Morgan fingerprint density at radius 2 is 1.26 bits per heavy atom. The highest BCUT2D eigenvalue weighted by Gasteiger charge is 2.44. The van der Waals surface area contributed by atoms with Crippen molar-refractivity contribution < 1.29 is 44.0 Å². The fourth-order valence-corrected chi connectivity index (χ4v) is 7.34. The summed E-state index contributed by atoms with van der Waals surface area (Å²) in [6.45, 7) is 12.5. The summed E-state index contributed by atoms with van der Waals surface area (Å²) in [4.78, 5) is 28.5. The number of sulfone groups is 2. The predicted octanol–water partition coefficient (Wildman–Crippen LogP) is 7.41.